The first-order chi connectivity index (χ1) is 9.27. The van der Waals surface area contributed by atoms with Gasteiger partial charge in [0.25, 0.3) is 0 Å². The molecule has 3 heterocycles. The minimum Gasteiger partial charge on any atom is -0.291 e. The van der Waals surface area contributed by atoms with E-state index in [4.69, 9.17) is 12.2 Å². The molecule has 0 aromatic carbocycles. The lowest BCUT2D eigenvalue weighted by atomic mass is 10.2. The Bertz CT molecular complexity index is 713. The number of H-pyrrole nitrogens is 1. The lowest BCUT2D eigenvalue weighted by molar-refractivity contribution is 0.636. The van der Waals surface area contributed by atoms with Gasteiger partial charge in [-0.3, -0.25) is 14.6 Å². The molecule has 19 heavy (non-hydrogen) atoms. The number of thiophene rings is 1. The van der Waals surface area contributed by atoms with Crippen LogP contribution < -0.4 is 0 Å². The zero-order chi connectivity index (χ0) is 13.2. The van der Waals surface area contributed by atoms with Gasteiger partial charge < -0.3 is 0 Å². The second-order valence-electron chi connectivity index (χ2n) is 4.17. The molecular weight excluding hydrogens is 276 g/mol. The molecule has 0 radical (unpaired) electrons. The fraction of sp³-hybridized carbons (Fsp3) is 0.154. The molecule has 0 saturated carbocycles. The summed E-state index contributed by atoms with van der Waals surface area (Å²) < 4.78 is 2.61. The van der Waals surface area contributed by atoms with Crippen LogP contribution in [-0.4, -0.2) is 19.7 Å². The molecule has 0 aliphatic heterocycles. The minimum absolute atomic E-state index is 0.134. The fourth-order valence-corrected chi connectivity index (χ4v) is 3.04. The molecular formula is C13H12N4S2. The Labute approximate surface area is 119 Å². The van der Waals surface area contributed by atoms with Gasteiger partial charge in [-0.1, -0.05) is 6.07 Å². The van der Waals surface area contributed by atoms with E-state index in [1.807, 2.05) is 22.8 Å². The van der Waals surface area contributed by atoms with Crippen molar-refractivity contribution in [2.24, 2.45) is 0 Å². The van der Waals surface area contributed by atoms with Crippen LogP contribution in [0.15, 0.2) is 41.2 Å². The van der Waals surface area contributed by atoms with E-state index in [2.05, 4.69) is 38.9 Å². The van der Waals surface area contributed by atoms with Gasteiger partial charge in [-0.05, 0) is 53.7 Å². The molecule has 1 atom stereocenters. The average Bonchev–Trinajstić information content (AvgIpc) is 3.08. The van der Waals surface area contributed by atoms with Crippen molar-refractivity contribution in [1.82, 2.24) is 19.7 Å². The molecule has 4 nitrogen and oxygen atoms in total. The monoisotopic (exact) mass is 288 g/mol. The molecule has 96 valence electrons. The zero-order valence-corrected chi connectivity index (χ0v) is 11.9. The highest BCUT2D eigenvalue weighted by atomic mass is 32.1. The van der Waals surface area contributed by atoms with Gasteiger partial charge in [-0.2, -0.15) is 16.4 Å². The van der Waals surface area contributed by atoms with Crippen LogP contribution in [0.25, 0.3) is 11.5 Å². The maximum atomic E-state index is 5.34. The predicted octanol–water partition coefficient (Wildman–Crippen LogP) is 3.67. The summed E-state index contributed by atoms with van der Waals surface area (Å²) in [5.74, 6) is 0.768. The van der Waals surface area contributed by atoms with Crippen molar-refractivity contribution in [3.63, 3.8) is 0 Å². The van der Waals surface area contributed by atoms with Crippen molar-refractivity contribution < 1.29 is 0 Å². The molecule has 0 saturated heterocycles. The van der Waals surface area contributed by atoms with Gasteiger partial charge in [0.15, 0.2) is 10.6 Å². The van der Waals surface area contributed by atoms with Crippen LogP contribution in [-0.2, 0) is 0 Å². The van der Waals surface area contributed by atoms with Crippen LogP contribution >= 0.6 is 23.6 Å². The second-order valence-corrected chi connectivity index (χ2v) is 5.34. The number of nitrogens with one attached hydrogen (secondary N) is 1. The molecule has 0 amide bonds. The van der Waals surface area contributed by atoms with Crippen LogP contribution in [0.4, 0.5) is 0 Å². The molecule has 1 unspecified atom stereocenters. The first-order valence-electron chi connectivity index (χ1n) is 5.88. The summed E-state index contributed by atoms with van der Waals surface area (Å²) in [6, 6.07) is 8.00. The van der Waals surface area contributed by atoms with Gasteiger partial charge in [0.1, 0.15) is 5.69 Å². The van der Waals surface area contributed by atoms with Crippen LogP contribution in [0.1, 0.15) is 18.5 Å². The summed E-state index contributed by atoms with van der Waals surface area (Å²) in [7, 11) is 0. The molecule has 3 rings (SSSR count). The number of aromatic amines is 1. The van der Waals surface area contributed by atoms with Crippen molar-refractivity contribution >= 4 is 23.6 Å². The number of nitrogens with zero attached hydrogens (tertiary/aromatic N) is 3. The second kappa shape index (κ2) is 5.07. The summed E-state index contributed by atoms with van der Waals surface area (Å²) in [6.45, 7) is 2.11. The molecule has 0 aliphatic carbocycles. The van der Waals surface area contributed by atoms with Gasteiger partial charge in [-0.25, -0.2) is 0 Å². The van der Waals surface area contributed by atoms with E-state index >= 15 is 0 Å². The van der Waals surface area contributed by atoms with Crippen molar-refractivity contribution in [1.29, 1.82) is 0 Å². The third-order valence-corrected chi connectivity index (χ3v) is 4.00. The van der Waals surface area contributed by atoms with Gasteiger partial charge in [0.05, 0.1) is 6.04 Å². The van der Waals surface area contributed by atoms with Crippen LogP contribution in [0.2, 0.25) is 0 Å². The van der Waals surface area contributed by atoms with E-state index < -0.39 is 0 Å². The summed E-state index contributed by atoms with van der Waals surface area (Å²) in [6.07, 6.45) is 1.76. The van der Waals surface area contributed by atoms with Crippen molar-refractivity contribution in [2.75, 3.05) is 0 Å². The number of pyridine rings is 1. The fourth-order valence-electron chi connectivity index (χ4n) is 2.00. The standard InChI is InChI=1S/C13H12N4S2/c1-9(10-5-7-19-8-10)17-12(15-16-13(17)18)11-4-2-3-6-14-11/h2-9H,1H3,(H,16,18). The van der Waals surface area contributed by atoms with Crippen LogP contribution in [0, 0.1) is 4.77 Å². The molecule has 6 heteroatoms. The molecule has 3 aromatic heterocycles. The van der Waals surface area contributed by atoms with Gasteiger partial charge >= 0.3 is 0 Å². The van der Waals surface area contributed by atoms with Gasteiger partial charge in [-0.15, -0.1) is 0 Å². The van der Waals surface area contributed by atoms with Gasteiger partial charge in [0, 0.05) is 6.20 Å². The molecule has 1 N–H and O–H groups in total. The maximum absolute atomic E-state index is 5.34. The smallest absolute Gasteiger partial charge is 0.196 e. The summed E-state index contributed by atoms with van der Waals surface area (Å²) in [5, 5.41) is 11.4. The van der Waals surface area contributed by atoms with E-state index in [-0.39, 0.29) is 6.04 Å². The third kappa shape index (κ3) is 2.24. The van der Waals surface area contributed by atoms with Crippen LogP contribution in [0.5, 0.6) is 0 Å². The topological polar surface area (TPSA) is 46.5 Å². The highest BCUT2D eigenvalue weighted by Crippen LogP contribution is 2.25. The Hall–Kier alpha value is -1.79. The Morgan fingerprint density at radius 3 is 2.95 bits per heavy atom. The number of hydrogen-bond donors (Lipinski definition) is 1. The maximum Gasteiger partial charge on any atom is 0.196 e. The van der Waals surface area contributed by atoms with Crippen molar-refractivity contribution in [3.05, 3.63) is 51.6 Å². The van der Waals surface area contributed by atoms with Gasteiger partial charge in [0.2, 0.25) is 0 Å². The predicted molar refractivity (Wildman–Crippen MR) is 78.8 cm³/mol. The average molecular weight is 288 g/mol. The zero-order valence-electron chi connectivity index (χ0n) is 10.3. The summed E-state index contributed by atoms with van der Waals surface area (Å²) in [5.41, 5.74) is 2.04. The number of rotatable bonds is 3. The van der Waals surface area contributed by atoms with Crippen LogP contribution in [0.3, 0.4) is 0 Å². The minimum atomic E-state index is 0.134. The Kier molecular flexibility index (Phi) is 3.27. The number of hydrogen-bond acceptors (Lipinski definition) is 4. The van der Waals surface area contributed by atoms with E-state index in [0.717, 1.165) is 11.5 Å². The van der Waals surface area contributed by atoms with Crippen molar-refractivity contribution in [3.8, 4) is 11.5 Å². The quantitative estimate of drug-likeness (QED) is 0.748. The Balaban J connectivity index is 2.12. The molecule has 0 aliphatic rings. The first kappa shape index (κ1) is 12.3. The summed E-state index contributed by atoms with van der Waals surface area (Å²) >= 11 is 7.02. The Morgan fingerprint density at radius 1 is 1.37 bits per heavy atom. The number of aromatic nitrogens is 4. The molecule has 3 aromatic rings. The molecule has 0 bridgehead atoms. The SMILES string of the molecule is CC(c1ccsc1)n1c(-c2ccccn2)n[nH]c1=S. The van der Waals surface area contributed by atoms with E-state index in [9.17, 15) is 0 Å². The van der Waals surface area contributed by atoms with E-state index in [1.54, 1.807) is 17.5 Å². The van der Waals surface area contributed by atoms with E-state index in [1.165, 1.54) is 5.56 Å². The molecule has 0 fully saturated rings. The van der Waals surface area contributed by atoms with Crippen molar-refractivity contribution in [2.45, 2.75) is 13.0 Å². The summed E-state index contributed by atoms with van der Waals surface area (Å²) in [4.78, 5) is 4.34. The first-order valence-corrected chi connectivity index (χ1v) is 7.23. The highest BCUT2D eigenvalue weighted by Gasteiger charge is 2.16. The third-order valence-electron chi connectivity index (χ3n) is 3.01. The molecule has 0 spiro atoms. The lowest BCUT2D eigenvalue weighted by Crippen LogP contribution is -2.08. The Morgan fingerprint density at radius 2 is 2.26 bits per heavy atom. The normalized spacial score (nSPS) is 12.5. The lowest BCUT2D eigenvalue weighted by Gasteiger charge is -2.14. The highest BCUT2D eigenvalue weighted by molar-refractivity contribution is 7.71. The van der Waals surface area contributed by atoms with E-state index in [0.29, 0.717) is 4.77 Å². The largest absolute Gasteiger partial charge is 0.291 e.